The van der Waals surface area contributed by atoms with Crippen LogP contribution in [0.15, 0.2) is 30.5 Å². The van der Waals surface area contributed by atoms with Gasteiger partial charge in [0.15, 0.2) is 0 Å². The molecule has 1 saturated heterocycles. The van der Waals surface area contributed by atoms with Gasteiger partial charge in [0.25, 0.3) is 0 Å². The molecule has 7 heteroatoms. The van der Waals surface area contributed by atoms with Crippen molar-refractivity contribution in [3.05, 3.63) is 41.4 Å². The van der Waals surface area contributed by atoms with Gasteiger partial charge in [0.2, 0.25) is 5.95 Å². The molecule has 1 fully saturated rings. The summed E-state index contributed by atoms with van der Waals surface area (Å²) < 4.78 is 18.7. The molecule has 124 valence electrons. The Hall–Kier alpha value is -2.23. The summed E-state index contributed by atoms with van der Waals surface area (Å²) in [4.78, 5) is 7.98. The van der Waals surface area contributed by atoms with Gasteiger partial charge >= 0.3 is 0 Å². The minimum atomic E-state index is -0.611. The summed E-state index contributed by atoms with van der Waals surface area (Å²) in [7, 11) is 0. The first-order chi connectivity index (χ1) is 11.6. The number of rotatable bonds is 4. The lowest BCUT2D eigenvalue weighted by atomic mass is 9.82. The molecule has 1 aliphatic rings. The second-order valence-electron chi connectivity index (χ2n) is 5.75. The first-order valence-electron chi connectivity index (χ1n) is 7.63. The van der Waals surface area contributed by atoms with Gasteiger partial charge in [-0.3, -0.25) is 0 Å². The molecule has 0 bridgehead atoms. The lowest BCUT2D eigenvalue weighted by Crippen LogP contribution is -2.34. The van der Waals surface area contributed by atoms with Crippen molar-refractivity contribution in [1.82, 2.24) is 9.97 Å². The van der Waals surface area contributed by atoms with E-state index in [1.807, 2.05) is 6.07 Å². The molecule has 0 radical (unpaired) electrons. The number of hydrogen-bond acceptors (Lipinski definition) is 5. The molecule has 2 aromatic heterocycles. The molecule has 3 heterocycles. The lowest BCUT2D eigenvalue weighted by molar-refractivity contribution is 0.0456. The Morgan fingerprint density at radius 2 is 2.17 bits per heavy atom. The van der Waals surface area contributed by atoms with Crippen molar-refractivity contribution in [2.24, 2.45) is 5.41 Å². The zero-order chi connectivity index (χ0) is 17.0. The van der Waals surface area contributed by atoms with Gasteiger partial charge in [0.1, 0.15) is 5.82 Å². The van der Waals surface area contributed by atoms with Crippen LogP contribution in [0.5, 0.6) is 0 Å². The van der Waals surface area contributed by atoms with Crippen LogP contribution in [0, 0.1) is 22.7 Å². The Kier molecular flexibility index (Phi) is 4.93. The molecule has 1 N–H and O–H groups in total. The molecular weight excluding hydrogens is 331 g/mol. The molecule has 0 spiro atoms. The van der Waals surface area contributed by atoms with E-state index < -0.39 is 11.4 Å². The number of nitrogens with one attached hydrogen (secondary N) is 1. The summed E-state index contributed by atoms with van der Waals surface area (Å²) in [6.45, 7) is 1.67. The summed E-state index contributed by atoms with van der Waals surface area (Å²) in [6, 6.07) is 9.02. The van der Waals surface area contributed by atoms with E-state index in [0.717, 1.165) is 0 Å². The smallest absolute Gasteiger partial charge is 0.213 e. The summed E-state index contributed by atoms with van der Waals surface area (Å²) in [5.74, 6) is 0.00195. The van der Waals surface area contributed by atoms with Crippen molar-refractivity contribution < 1.29 is 9.13 Å². The largest absolute Gasteiger partial charge is 0.381 e. The fourth-order valence-electron chi connectivity index (χ4n) is 2.64. The number of nitriles is 1. The lowest BCUT2D eigenvalue weighted by Gasteiger charge is -2.30. The van der Waals surface area contributed by atoms with Crippen LogP contribution in [0.3, 0.4) is 0 Å². The molecular formula is C17H16ClFN4O. The summed E-state index contributed by atoms with van der Waals surface area (Å²) in [5.41, 5.74) is 0.578. The van der Waals surface area contributed by atoms with E-state index >= 15 is 0 Å². The van der Waals surface area contributed by atoms with Gasteiger partial charge in [0.05, 0.1) is 22.2 Å². The number of halogens is 2. The minimum absolute atomic E-state index is 0.332. The van der Waals surface area contributed by atoms with Gasteiger partial charge in [-0.15, -0.1) is 0 Å². The first kappa shape index (κ1) is 16.6. The van der Waals surface area contributed by atoms with Gasteiger partial charge < -0.3 is 10.1 Å². The van der Waals surface area contributed by atoms with Crippen molar-refractivity contribution in [3.8, 4) is 17.3 Å². The third-order valence-electron chi connectivity index (χ3n) is 4.14. The third-order valence-corrected chi connectivity index (χ3v) is 4.44. The van der Waals surface area contributed by atoms with Gasteiger partial charge in [0, 0.05) is 37.6 Å². The Morgan fingerprint density at radius 1 is 1.38 bits per heavy atom. The molecule has 5 nitrogen and oxygen atoms in total. The summed E-state index contributed by atoms with van der Waals surface area (Å²) >= 11 is 6.08. The predicted octanol–water partition coefficient (Wildman–Crippen LogP) is 3.67. The number of anilines is 1. The van der Waals surface area contributed by atoms with Crippen LogP contribution in [-0.4, -0.2) is 29.7 Å². The maximum absolute atomic E-state index is 13.4. The zero-order valence-corrected chi connectivity index (χ0v) is 13.7. The second kappa shape index (κ2) is 7.12. The summed E-state index contributed by atoms with van der Waals surface area (Å²) in [5, 5.41) is 13.0. The molecule has 0 amide bonds. The van der Waals surface area contributed by atoms with E-state index in [1.165, 1.54) is 12.3 Å². The van der Waals surface area contributed by atoms with Gasteiger partial charge in [-0.2, -0.15) is 9.65 Å². The molecule has 0 saturated carbocycles. The van der Waals surface area contributed by atoms with Crippen LogP contribution < -0.4 is 5.32 Å². The normalized spacial score (nSPS) is 16.4. The topological polar surface area (TPSA) is 70.8 Å². The molecule has 0 aliphatic carbocycles. The average molecular weight is 347 g/mol. The minimum Gasteiger partial charge on any atom is -0.381 e. The Bertz CT molecular complexity index is 771. The van der Waals surface area contributed by atoms with Crippen LogP contribution in [0.1, 0.15) is 12.8 Å². The number of aromatic nitrogens is 2. The Balaban J connectivity index is 1.78. The fourth-order valence-corrected chi connectivity index (χ4v) is 2.84. The van der Waals surface area contributed by atoms with E-state index in [4.69, 9.17) is 16.3 Å². The van der Waals surface area contributed by atoms with Crippen LogP contribution in [-0.2, 0) is 4.74 Å². The van der Waals surface area contributed by atoms with Gasteiger partial charge in [-0.05, 0) is 25.0 Å². The van der Waals surface area contributed by atoms with Crippen molar-refractivity contribution in [1.29, 1.82) is 5.26 Å². The third kappa shape index (κ3) is 3.64. The highest BCUT2D eigenvalue weighted by Gasteiger charge is 2.32. The van der Waals surface area contributed by atoms with Crippen molar-refractivity contribution in [2.75, 3.05) is 25.1 Å². The fraction of sp³-hybridized carbons (Fsp3) is 0.353. The Labute approximate surface area is 144 Å². The maximum atomic E-state index is 13.4. The highest BCUT2D eigenvalue weighted by Crippen LogP contribution is 2.31. The molecule has 1 aliphatic heterocycles. The monoisotopic (exact) mass is 346 g/mol. The quantitative estimate of drug-likeness (QED) is 0.855. The highest BCUT2D eigenvalue weighted by atomic mass is 35.5. The molecule has 0 aromatic carbocycles. The SMILES string of the molecule is N#CC1(CNc2cccc(-c3cc(F)ncc3Cl)n2)CCOCC1. The molecule has 2 aromatic rings. The van der Waals surface area contributed by atoms with Gasteiger partial charge in [-0.1, -0.05) is 17.7 Å². The van der Waals surface area contributed by atoms with Crippen LogP contribution in [0.2, 0.25) is 5.02 Å². The highest BCUT2D eigenvalue weighted by molar-refractivity contribution is 6.33. The zero-order valence-electron chi connectivity index (χ0n) is 12.9. The number of ether oxygens (including phenoxy) is 1. The van der Waals surface area contributed by atoms with Crippen molar-refractivity contribution >= 4 is 17.4 Å². The molecule has 3 rings (SSSR count). The molecule has 0 unspecified atom stereocenters. The standard InChI is InChI=1S/C17H16ClFN4O/c18-13-9-21-15(19)8-12(13)14-2-1-3-16(23-14)22-11-17(10-20)4-6-24-7-5-17/h1-3,8-9H,4-7,11H2,(H,22,23). The van der Waals surface area contributed by atoms with E-state index in [9.17, 15) is 9.65 Å². The van der Waals surface area contributed by atoms with E-state index in [0.29, 0.717) is 54.7 Å². The van der Waals surface area contributed by atoms with Gasteiger partial charge in [-0.25, -0.2) is 9.97 Å². The second-order valence-corrected chi connectivity index (χ2v) is 6.16. The molecule has 0 atom stereocenters. The summed E-state index contributed by atoms with van der Waals surface area (Å²) in [6.07, 6.45) is 2.65. The van der Waals surface area contributed by atoms with Crippen LogP contribution >= 0.6 is 11.6 Å². The maximum Gasteiger partial charge on any atom is 0.213 e. The predicted molar refractivity (Wildman–Crippen MR) is 89.0 cm³/mol. The van der Waals surface area contributed by atoms with Crippen LogP contribution in [0.25, 0.3) is 11.3 Å². The average Bonchev–Trinajstić information content (AvgIpc) is 2.63. The van der Waals surface area contributed by atoms with E-state index in [-0.39, 0.29) is 0 Å². The number of pyridine rings is 2. The van der Waals surface area contributed by atoms with Crippen molar-refractivity contribution in [2.45, 2.75) is 12.8 Å². The number of hydrogen-bond donors (Lipinski definition) is 1. The van der Waals surface area contributed by atoms with E-state index in [1.54, 1.807) is 12.1 Å². The van der Waals surface area contributed by atoms with Crippen molar-refractivity contribution in [3.63, 3.8) is 0 Å². The van der Waals surface area contributed by atoms with E-state index in [2.05, 4.69) is 21.4 Å². The Morgan fingerprint density at radius 3 is 2.92 bits per heavy atom. The van der Waals surface area contributed by atoms with Crippen LogP contribution in [0.4, 0.5) is 10.2 Å². The molecule has 24 heavy (non-hydrogen) atoms. The number of nitrogens with zero attached hydrogens (tertiary/aromatic N) is 3. The first-order valence-corrected chi connectivity index (χ1v) is 8.01.